The summed E-state index contributed by atoms with van der Waals surface area (Å²) in [6.07, 6.45) is 4.99. The van der Waals surface area contributed by atoms with E-state index < -0.39 is 11.5 Å². The molecule has 1 fully saturated rings. The molecule has 5 heteroatoms. The molecule has 0 radical (unpaired) electrons. The molecule has 1 N–H and O–H groups in total. The van der Waals surface area contributed by atoms with Crippen molar-refractivity contribution in [3.63, 3.8) is 0 Å². The van der Waals surface area contributed by atoms with Crippen LogP contribution in [0.4, 0.5) is 5.82 Å². The Morgan fingerprint density at radius 2 is 2.33 bits per heavy atom. The first-order chi connectivity index (χ1) is 8.58. The van der Waals surface area contributed by atoms with Crippen LogP contribution in [0.1, 0.15) is 38.8 Å². The second-order valence-electron chi connectivity index (χ2n) is 4.95. The minimum absolute atomic E-state index is 0.662. The Kier molecular flexibility index (Phi) is 3.50. The third-order valence-electron chi connectivity index (χ3n) is 3.59. The van der Waals surface area contributed by atoms with E-state index in [1.165, 1.54) is 6.33 Å². The highest BCUT2D eigenvalue weighted by molar-refractivity contribution is 5.83. The van der Waals surface area contributed by atoms with Gasteiger partial charge in [-0.05, 0) is 26.2 Å². The zero-order valence-corrected chi connectivity index (χ0v) is 10.9. The fraction of sp³-hybridized carbons (Fsp3) is 0.615. The Labute approximate surface area is 107 Å². The maximum Gasteiger partial charge on any atom is 0.329 e. The fourth-order valence-electron chi connectivity index (χ4n) is 2.48. The summed E-state index contributed by atoms with van der Waals surface area (Å²) in [6.45, 7) is 4.61. The van der Waals surface area contributed by atoms with Crippen molar-refractivity contribution >= 4 is 11.8 Å². The van der Waals surface area contributed by atoms with Crippen LogP contribution in [0.2, 0.25) is 0 Å². The van der Waals surface area contributed by atoms with Crippen molar-refractivity contribution in [1.82, 2.24) is 9.97 Å². The Morgan fingerprint density at radius 1 is 1.56 bits per heavy atom. The van der Waals surface area contributed by atoms with Crippen LogP contribution in [0, 0.1) is 0 Å². The van der Waals surface area contributed by atoms with Gasteiger partial charge in [0, 0.05) is 18.3 Å². The van der Waals surface area contributed by atoms with Gasteiger partial charge in [-0.2, -0.15) is 0 Å². The van der Waals surface area contributed by atoms with Crippen LogP contribution in [0.15, 0.2) is 12.4 Å². The SMILES string of the molecule is CCCc1cc(N2CCCC2(C)C(=O)O)ncn1. The average molecular weight is 249 g/mol. The van der Waals surface area contributed by atoms with Gasteiger partial charge >= 0.3 is 5.97 Å². The molecule has 1 aliphatic heterocycles. The summed E-state index contributed by atoms with van der Waals surface area (Å²) in [4.78, 5) is 21.8. The molecule has 0 saturated carbocycles. The van der Waals surface area contributed by atoms with Crippen molar-refractivity contribution in [2.24, 2.45) is 0 Å². The smallest absolute Gasteiger partial charge is 0.329 e. The molecule has 1 unspecified atom stereocenters. The van der Waals surface area contributed by atoms with Gasteiger partial charge in [-0.15, -0.1) is 0 Å². The van der Waals surface area contributed by atoms with Gasteiger partial charge in [0.25, 0.3) is 0 Å². The molecule has 0 spiro atoms. The average Bonchev–Trinajstić information content (AvgIpc) is 2.74. The van der Waals surface area contributed by atoms with Crippen molar-refractivity contribution in [3.8, 4) is 0 Å². The van der Waals surface area contributed by atoms with Crippen LogP contribution in [0.25, 0.3) is 0 Å². The number of hydrogen-bond acceptors (Lipinski definition) is 4. The fourth-order valence-corrected chi connectivity index (χ4v) is 2.48. The lowest BCUT2D eigenvalue weighted by atomic mass is 9.99. The number of hydrogen-bond donors (Lipinski definition) is 1. The lowest BCUT2D eigenvalue weighted by Crippen LogP contribution is -2.48. The second kappa shape index (κ2) is 4.92. The molecule has 1 atom stereocenters. The molecule has 1 aromatic rings. The molecule has 0 bridgehead atoms. The van der Waals surface area contributed by atoms with Crippen molar-refractivity contribution in [2.75, 3.05) is 11.4 Å². The molecule has 1 aliphatic rings. The Balaban J connectivity index is 2.30. The monoisotopic (exact) mass is 249 g/mol. The van der Waals surface area contributed by atoms with Gasteiger partial charge in [-0.3, -0.25) is 0 Å². The first kappa shape index (κ1) is 12.8. The normalized spacial score (nSPS) is 23.3. The van der Waals surface area contributed by atoms with Gasteiger partial charge in [0.15, 0.2) is 0 Å². The summed E-state index contributed by atoms with van der Waals surface area (Å²) in [5.74, 6) is -0.0495. The summed E-state index contributed by atoms with van der Waals surface area (Å²) in [5.41, 5.74) is 0.139. The number of anilines is 1. The van der Waals surface area contributed by atoms with Crippen LogP contribution in [0.5, 0.6) is 0 Å². The zero-order valence-electron chi connectivity index (χ0n) is 10.9. The number of carboxylic acids is 1. The standard InChI is InChI=1S/C13H19N3O2/c1-3-5-10-8-11(15-9-14-10)16-7-4-6-13(16,2)12(17)18/h8-9H,3-7H2,1-2H3,(H,17,18). The summed E-state index contributed by atoms with van der Waals surface area (Å²) < 4.78 is 0. The van der Waals surface area contributed by atoms with E-state index in [2.05, 4.69) is 16.9 Å². The largest absolute Gasteiger partial charge is 0.480 e. The van der Waals surface area contributed by atoms with Crippen LogP contribution >= 0.6 is 0 Å². The van der Waals surface area contributed by atoms with Crippen LogP contribution < -0.4 is 4.90 Å². The highest BCUT2D eigenvalue weighted by Crippen LogP contribution is 2.33. The molecule has 1 aromatic heterocycles. The predicted octanol–water partition coefficient (Wildman–Crippen LogP) is 1.87. The number of aromatic nitrogens is 2. The van der Waals surface area contributed by atoms with Crippen molar-refractivity contribution < 1.29 is 9.90 Å². The molecular weight excluding hydrogens is 230 g/mol. The molecule has 0 aliphatic carbocycles. The minimum Gasteiger partial charge on any atom is -0.480 e. The van der Waals surface area contributed by atoms with Gasteiger partial charge in [0.2, 0.25) is 0 Å². The number of carbonyl (C=O) groups is 1. The van der Waals surface area contributed by atoms with Gasteiger partial charge in [-0.25, -0.2) is 14.8 Å². The third-order valence-corrected chi connectivity index (χ3v) is 3.59. The lowest BCUT2D eigenvalue weighted by Gasteiger charge is -2.32. The van der Waals surface area contributed by atoms with Crippen LogP contribution in [0.3, 0.4) is 0 Å². The van der Waals surface area contributed by atoms with Crippen molar-refractivity contribution in [2.45, 2.75) is 45.1 Å². The van der Waals surface area contributed by atoms with E-state index in [0.717, 1.165) is 37.3 Å². The summed E-state index contributed by atoms with van der Waals surface area (Å²) in [6, 6.07) is 1.91. The number of rotatable bonds is 4. The molecule has 2 rings (SSSR count). The van der Waals surface area contributed by atoms with Gasteiger partial charge in [0.05, 0.1) is 0 Å². The number of nitrogens with zero attached hydrogens (tertiary/aromatic N) is 3. The van der Waals surface area contributed by atoms with Crippen LogP contribution in [-0.2, 0) is 11.2 Å². The van der Waals surface area contributed by atoms with E-state index in [1.807, 2.05) is 11.0 Å². The first-order valence-corrected chi connectivity index (χ1v) is 6.40. The highest BCUT2D eigenvalue weighted by atomic mass is 16.4. The topological polar surface area (TPSA) is 66.3 Å². The molecule has 5 nitrogen and oxygen atoms in total. The molecule has 0 aromatic carbocycles. The lowest BCUT2D eigenvalue weighted by molar-refractivity contribution is -0.142. The van der Waals surface area contributed by atoms with E-state index in [9.17, 15) is 9.90 Å². The van der Waals surface area contributed by atoms with Crippen molar-refractivity contribution in [1.29, 1.82) is 0 Å². The number of aliphatic carboxylic acids is 1. The van der Waals surface area contributed by atoms with E-state index in [0.29, 0.717) is 6.42 Å². The third kappa shape index (κ3) is 2.17. The Morgan fingerprint density at radius 3 is 3.00 bits per heavy atom. The van der Waals surface area contributed by atoms with Crippen molar-refractivity contribution in [3.05, 3.63) is 18.1 Å². The van der Waals surface area contributed by atoms with E-state index in [1.54, 1.807) is 6.92 Å². The van der Waals surface area contributed by atoms with E-state index in [-0.39, 0.29) is 0 Å². The Bertz CT molecular complexity index is 450. The van der Waals surface area contributed by atoms with Gasteiger partial charge < -0.3 is 10.0 Å². The second-order valence-corrected chi connectivity index (χ2v) is 4.95. The summed E-state index contributed by atoms with van der Waals surface area (Å²) >= 11 is 0. The molecule has 0 amide bonds. The van der Waals surface area contributed by atoms with Crippen LogP contribution in [-0.4, -0.2) is 33.1 Å². The highest BCUT2D eigenvalue weighted by Gasteiger charge is 2.44. The van der Waals surface area contributed by atoms with Gasteiger partial charge in [0.1, 0.15) is 17.7 Å². The minimum atomic E-state index is -0.835. The summed E-state index contributed by atoms with van der Waals surface area (Å²) in [7, 11) is 0. The first-order valence-electron chi connectivity index (χ1n) is 6.40. The molecule has 1 saturated heterocycles. The zero-order chi connectivity index (χ0) is 13.2. The molecule has 2 heterocycles. The molecular formula is C13H19N3O2. The number of carboxylic acid groups (broad SMARTS) is 1. The van der Waals surface area contributed by atoms with E-state index in [4.69, 9.17) is 0 Å². The maximum atomic E-state index is 11.4. The quantitative estimate of drug-likeness (QED) is 0.882. The van der Waals surface area contributed by atoms with E-state index >= 15 is 0 Å². The Hall–Kier alpha value is -1.65. The molecule has 98 valence electrons. The molecule has 18 heavy (non-hydrogen) atoms. The summed E-state index contributed by atoms with van der Waals surface area (Å²) in [5, 5.41) is 9.39. The van der Waals surface area contributed by atoms with Gasteiger partial charge in [-0.1, -0.05) is 13.3 Å². The number of aryl methyl sites for hydroxylation is 1. The maximum absolute atomic E-state index is 11.4. The predicted molar refractivity (Wildman–Crippen MR) is 68.6 cm³/mol.